The molecule has 100 valence electrons. The molecule has 1 N–H and O–H groups in total. The van der Waals surface area contributed by atoms with Gasteiger partial charge in [-0.25, -0.2) is 0 Å². The Morgan fingerprint density at radius 3 is 2.82 bits per heavy atom. The van der Waals surface area contributed by atoms with Crippen molar-refractivity contribution >= 4 is 17.7 Å². The van der Waals surface area contributed by atoms with Crippen molar-refractivity contribution in [2.75, 3.05) is 19.4 Å². The Labute approximate surface area is 109 Å². The number of hydrogen-bond acceptors (Lipinski definition) is 4. The van der Waals surface area contributed by atoms with E-state index in [1.165, 1.54) is 45.6 Å². The quantitative estimate of drug-likeness (QED) is 0.588. The molecular weight excluding hydrogens is 234 g/mol. The van der Waals surface area contributed by atoms with Gasteiger partial charge in [-0.2, -0.15) is 0 Å². The summed E-state index contributed by atoms with van der Waals surface area (Å²) in [5.41, 5.74) is 0. The molecule has 1 rings (SSSR count). The normalized spacial score (nSPS) is 25.3. The van der Waals surface area contributed by atoms with Crippen molar-refractivity contribution in [1.82, 2.24) is 5.32 Å². The fourth-order valence-electron chi connectivity index (χ4n) is 2.27. The van der Waals surface area contributed by atoms with Crippen LogP contribution >= 0.6 is 11.8 Å². The molecule has 2 atom stereocenters. The van der Waals surface area contributed by atoms with Gasteiger partial charge in [0.1, 0.15) is 0 Å². The van der Waals surface area contributed by atoms with Crippen molar-refractivity contribution in [3.05, 3.63) is 0 Å². The van der Waals surface area contributed by atoms with E-state index in [9.17, 15) is 4.79 Å². The van der Waals surface area contributed by atoms with E-state index in [1.54, 1.807) is 11.8 Å². The van der Waals surface area contributed by atoms with Crippen molar-refractivity contribution in [1.29, 1.82) is 0 Å². The van der Waals surface area contributed by atoms with Crippen molar-refractivity contribution in [3.63, 3.8) is 0 Å². The lowest BCUT2D eigenvalue weighted by atomic mass is 10.1. The molecule has 0 aromatic rings. The van der Waals surface area contributed by atoms with Crippen molar-refractivity contribution in [3.8, 4) is 0 Å². The third kappa shape index (κ3) is 5.77. The minimum atomic E-state index is -0.103. The topological polar surface area (TPSA) is 38.3 Å². The van der Waals surface area contributed by atoms with E-state index in [4.69, 9.17) is 4.74 Å². The number of esters is 1. The summed E-state index contributed by atoms with van der Waals surface area (Å²) in [5, 5.41) is 4.20. The molecule has 1 aliphatic carbocycles. The van der Waals surface area contributed by atoms with E-state index in [-0.39, 0.29) is 5.97 Å². The third-order valence-corrected chi connectivity index (χ3v) is 4.65. The van der Waals surface area contributed by atoms with Gasteiger partial charge in [-0.1, -0.05) is 26.2 Å². The lowest BCUT2D eigenvalue weighted by molar-refractivity contribution is -0.137. The highest BCUT2D eigenvalue weighted by molar-refractivity contribution is 8.00. The summed E-state index contributed by atoms with van der Waals surface area (Å²) in [5.74, 6) is 0.388. The Balaban J connectivity index is 2.40. The van der Waals surface area contributed by atoms with Crippen LogP contribution in [0.4, 0.5) is 0 Å². The van der Waals surface area contributed by atoms with Gasteiger partial charge in [-0.15, -0.1) is 11.8 Å². The summed E-state index contributed by atoms with van der Waals surface area (Å²) >= 11 is 1.76. The van der Waals surface area contributed by atoms with Crippen LogP contribution in [0.25, 0.3) is 0 Å². The van der Waals surface area contributed by atoms with Crippen LogP contribution < -0.4 is 5.32 Å². The molecule has 2 unspecified atom stereocenters. The maximum absolute atomic E-state index is 11.2. The molecular formula is C13H25NO2S. The molecule has 1 aliphatic rings. The predicted octanol–water partition coefficient (Wildman–Crippen LogP) is 2.59. The zero-order valence-electron chi connectivity index (χ0n) is 11.0. The first-order valence-corrected chi connectivity index (χ1v) is 7.74. The number of thioether (sulfide) groups is 1. The van der Waals surface area contributed by atoms with Crippen LogP contribution in [0.2, 0.25) is 0 Å². The molecule has 0 saturated heterocycles. The maximum atomic E-state index is 11.2. The van der Waals surface area contributed by atoms with Crippen LogP contribution in [0.1, 0.15) is 45.4 Å². The number of ether oxygens (including phenoxy) is 1. The molecule has 0 heterocycles. The average Bonchev–Trinajstić information content (AvgIpc) is 2.58. The van der Waals surface area contributed by atoms with E-state index < -0.39 is 0 Å². The van der Waals surface area contributed by atoms with Gasteiger partial charge in [0.2, 0.25) is 0 Å². The minimum absolute atomic E-state index is 0.103. The van der Waals surface area contributed by atoms with E-state index in [1.807, 2.05) is 0 Å². The van der Waals surface area contributed by atoms with E-state index in [0.29, 0.717) is 17.0 Å². The van der Waals surface area contributed by atoms with Crippen LogP contribution in [0.3, 0.4) is 0 Å². The summed E-state index contributed by atoms with van der Waals surface area (Å²) in [6.07, 6.45) is 7.59. The second kappa shape index (κ2) is 8.81. The van der Waals surface area contributed by atoms with Gasteiger partial charge in [0.25, 0.3) is 0 Å². The van der Waals surface area contributed by atoms with Crippen LogP contribution in [-0.2, 0) is 9.53 Å². The van der Waals surface area contributed by atoms with Crippen molar-refractivity contribution < 1.29 is 9.53 Å². The van der Waals surface area contributed by atoms with Crippen LogP contribution in [-0.4, -0.2) is 36.7 Å². The monoisotopic (exact) mass is 259 g/mol. The van der Waals surface area contributed by atoms with Gasteiger partial charge in [0.15, 0.2) is 0 Å². The standard InChI is InChI=1S/C13H25NO2S/c1-3-9-14-11-7-5-4-6-8-12(11)17-10-13(15)16-2/h11-12,14H,3-10H2,1-2H3. The Hall–Kier alpha value is -0.220. The van der Waals surface area contributed by atoms with Crippen molar-refractivity contribution in [2.45, 2.75) is 56.7 Å². The lowest BCUT2D eigenvalue weighted by Crippen LogP contribution is -2.38. The van der Waals surface area contributed by atoms with E-state index in [0.717, 1.165) is 6.54 Å². The molecule has 1 fully saturated rings. The van der Waals surface area contributed by atoms with Gasteiger partial charge in [-0.05, 0) is 25.8 Å². The smallest absolute Gasteiger partial charge is 0.315 e. The SMILES string of the molecule is CCCNC1CCCCCC1SCC(=O)OC. The fourth-order valence-corrected chi connectivity index (χ4v) is 3.54. The zero-order chi connectivity index (χ0) is 12.5. The molecule has 17 heavy (non-hydrogen) atoms. The molecule has 0 aliphatic heterocycles. The van der Waals surface area contributed by atoms with Crippen LogP contribution in [0.5, 0.6) is 0 Å². The molecule has 0 spiro atoms. The van der Waals surface area contributed by atoms with Crippen LogP contribution in [0, 0.1) is 0 Å². The molecule has 1 saturated carbocycles. The number of carbonyl (C=O) groups is 1. The van der Waals surface area contributed by atoms with E-state index >= 15 is 0 Å². The number of methoxy groups -OCH3 is 1. The first-order chi connectivity index (χ1) is 8.27. The third-order valence-electron chi connectivity index (χ3n) is 3.25. The Kier molecular flexibility index (Phi) is 7.69. The highest BCUT2D eigenvalue weighted by Crippen LogP contribution is 2.28. The molecule has 0 bridgehead atoms. The van der Waals surface area contributed by atoms with Crippen LogP contribution in [0.15, 0.2) is 0 Å². The second-order valence-corrected chi connectivity index (χ2v) is 5.85. The molecule has 0 aromatic carbocycles. The Bertz CT molecular complexity index is 223. The predicted molar refractivity (Wildman–Crippen MR) is 73.4 cm³/mol. The molecule has 0 radical (unpaired) electrons. The highest BCUT2D eigenvalue weighted by atomic mass is 32.2. The van der Waals surface area contributed by atoms with Crippen molar-refractivity contribution in [2.24, 2.45) is 0 Å². The highest BCUT2D eigenvalue weighted by Gasteiger charge is 2.24. The van der Waals surface area contributed by atoms with E-state index in [2.05, 4.69) is 12.2 Å². The molecule has 0 aromatic heterocycles. The van der Waals surface area contributed by atoms with Gasteiger partial charge in [0.05, 0.1) is 12.9 Å². The van der Waals surface area contributed by atoms with Gasteiger partial charge in [0, 0.05) is 11.3 Å². The van der Waals surface area contributed by atoms with Gasteiger partial charge < -0.3 is 10.1 Å². The maximum Gasteiger partial charge on any atom is 0.315 e. The number of nitrogens with one attached hydrogen (secondary N) is 1. The Morgan fingerprint density at radius 1 is 1.35 bits per heavy atom. The first-order valence-electron chi connectivity index (χ1n) is 6.69. The summed E-state index contributed by atoms with van der Waals surface area (Å²) in [4.78, 5) is 11.2. The number of hydrogen-bond donors (Lipinski definition) is 1. The second-order valence-electron chi connectivity index (χ2n) is 4.62. The fraction of sp³-hybridized carbons (Fsp3) is 0.923. The number of carbonyl (C=O) groups excluding carboxylic acids is 1. The first kappa shape index (κ1) is 14.8. The summed E-state index contributed by atoms with van der Waals surface area (Å²) in [7, 11) is 1.46. The molecule has 3 nitrogen and oxygen atoms in total. The zero-order valence-corrected chi connectivity index (χ0v) is 11.9. The number of rotatable bonds is 6. The molecule has 0 amide bonds. The summed E-state index contributed by atoms with van der Waals surface area (Å²) in [6.45, 7) is 3.28. The van der Waals surface area contributed by atoms with Gasteiger partial charge in [-0.3, -0.25) is 4.79 Å². The summed E-state index contributed by atoms with van der Waals surface area (Å²) in [6, 6.07) is 0.576. The molecule has 4 heteroatoms. The minimum Gasteiger partial charge on any atom is -0.468 e. The van der Waals surface area contributed by atoms with Gasteiger partial charge >= 0.3 is 5.97 Å². The Morgan fingerprint density at radius 2 is 2.12 bits per heavy atom. The average molecular weight is 259 g/mol. The largest absolute Gasteiger partial charge is 0.468 e. The summed E-state index contributed by atoms with van der Waals surface area (Å²) < 4.78 is 4.71. The lowest BCUT2D eigenvalue weighted by Gasteiger charge is -2.25.